The number of hydrogen-bond donors (Lipinski definition) is 1. The lowest BCUT2D eigenvalue weighted by atomic mass is 10.1. The van der Waals surface area contributed by atoms with Crippen LogP contribution < -0.4 is 10.2 Å². The van der Waals surface area contributed by atoms with Gasteiger partial charge >= 0.3 is 6.09 Å². The Morgan fingerprint density at radius 3 is 2.95 bits per heavy atom. The lowest BCUT2D eigenvalue weighted by molar-refractivity contribution is 0.121. The predicted molar refractivity (Wildman–Crippen MR) is 72.6 cm³/mol. The van der Waals surface area contributed by atoms with Crippen LogP contribution in [0.1, 0.15) is 13.3 Å². The largest absolute Gasteiger partial charge is 0.447 e. The summed E-state index contributed by atoms with van der Waals surface area (Å²) in [6, 6.07) is 8.20. The van der Waals surface area contributed by atoms with E-state index in [1.165, 1.54) is 0 Å². The predicted octanol–water partition coefficient (Wildman–Crippen LogP) is 2.23. The number of rotatable bonds is 3. The molecule has 2 fully saturated rings. The standard InChI is InChI=1S/C14H18N2O3/c1-10-13(5-7-18-10)15-11-3-2-4-12(9-11)16-6-8-19-14(16)17/h2-4,9-10,13,15H,5-8H2,1H3. The first-order valence-electron chi connectivity index (χ1n) is 6.66. The molecule has 1 aromatic rings. The minimum Gasteiger partial charge on any atom is -0.447 e. The summed E-state index contributed by atoms with van der Waals surface area (Å²) in [6.07, 6.45) is 0.965. The molecule has 2 aliphatic heterocycles. The number of carbonyl (C=O) groups excluding carboxylic acids is 1. The zero-order valence-corrected chi connectivity index (χ0v) is 11.0. The number of nitrogens with one attached hydrogen (secondary N) is 1. The molecule has 2 saturated heterocycles. The quantitative estimate of drug-likeness (QED) is 0.907. The molecular formula is C14H18N2O3. The van der Waals surface area contributed by atoms with Crippen molar-refractivity contribution in [1.29, 1.82) is 0 Å². The maximum Gasteiger partial charge on any atom is 0.414 e. The van der Waals surface area contributed by atoms with Gasteiger partial charge in [-0.05, 0) is 31.5 Å². The summed E-state index contributed by atoms with van der Waals surface area (Å²) >= 11 is 0. The van der Waals surface area contributed by atoms with Crippen LogP contribution in [0.15, 0.2) is 24.3 Å². The van der Waals surface area contributed by atoms with E-state index in [1.54, 1.807) is 4.90 Å². The van der Waals surface area contributed by atoms with E-state index >= 15 is 0 Å². The van der Waals surface area contributed by atoms with Crippen molar-refractivity contribution < 1.29 is 14.3 Å². The molecule has 0 spiro atoms. The lowest BCUT2D eigenvalue weighted by Gasteiger charge is -2.19. The van der Waals surface area contributed by atoms with Crippen LogP contribution in [-0.4, -0.2) is 38.0 Å². The SMILES string of the molecule is CC1OCCC1Nc1cccc(N2CCOC2=O)c1. The minimum atomic E-state index is -0.269. The molecule has 1 amide bonds. The number of amides is 1. The molecule has 102 valence electrons. The number of anilines is 2. The normalized spacial score (nSPS) is 26.6. The van der Waals surface area contributed by atoms with E-state index in [0.29, 0.717) is 19.2 Å². The van der Waals surface area contributed by atoms with E-state index in [9.17, 15) is 4.79 Å². The average molecular weight is 262 g/mol. The van der Waals surface area contributed by atoms with E-state index in [4.69, 9.17) is 9.47 Å². The molecule has 1 aromatic carbocycles. The molecule has 0 aromatic heterocycles. The highest BCUT2D eigenvalue weighted by Gasteiger charge is 2.25. The second kappa shape index (κ2) is 5.09. The van der Waals surface area contributed by atoms with Crippen LogP contribution in [0.4, 0.5) is 16.2 Å². The van der Waals surface area contributed by atoms with Crippen molar-refractivity contribution >= 4 is 17.5 Å². The number of hydrogen-bond acceptors (Lipinski definition) is 4. The van der Waals surface area contributed by atoms with Gasteiger partial charge in [0.25, 0.3) is 0 Å². The summed E-state index contributed by atoms with van der Waals surface area (Å²) in [4.78, 5) is 13.2. The first kappa shape index (κ1) is 12.3. The minimum absolute atomic E-state index is 0.223. The van der Waals surface area contributed by atoms with Gasteiger partial charge in [-0.2, -0.15) is 0 Å². The highest BCUT2D eigenvalue weighted by Crippen LogP contribution is 2.25. The Bertz CT molecular complexity index is 478. The van der Waals surface area contributed by atoms with Crippen molar-refractivity contribution in [3.8, 4) is 0 Å². The van der Waals surface area contributed by atoms with Crippen molar-refractivity contribution in [3.05, 3.63) is 24.3 Å². The van der Waals surface area contributed by atoms with Gasteiger partial charge in [0, 0.05) is 18.0 Å². The number of carbonyl (C=O) groups is 1. The zero-order valence-electron chi connectivity index (χ0n) is 11.0. The maximum absolute atomic E-state index is 11.5. The Labute approximate surface area is 112 Å². The Hall–Kier alpha value is -1.75. The van der Waals surface area contributed by atoms with Crippen LogP contribution in [0, 0.1) is 0 Å². The van der Waals surface area contributed by atoms with Gasteiger partial charge in [-0.3, -0.25) is 4.90 Å². The van der Waals surface area contributed by atoms with Crippen LogP contribution in [0.25, 0.3) is 0 Å². The van der Waals surface area contributed by atoms with Crippen molar-refractivity contribution in [3.63, 3.8) is 0 Å². The molecule has 2 atom stereocenters. The third-order valence-electron chi connectivity index (χ3n) is 3.65. The molecule has 0 bridgehead atoms. The van der Waals surface area contributed by atoms with Gasteiger partial charge in [0.2, 0.25) is 0 Å². The number of cyclic esters (lactones) is 1. The third kappa shape index (κ3) is 2.51. The highest BCUT2D eigenvalue weighted by atomic mass is 16.6. The fraction of sp³-hybridized carbons (Fsp3) is 0.500. The van der Waals surface area contributed by atoms with Crippen LogP contribution in [0.5, 0.6) is 0 Å². The molecule has 0 saturated carbocycles. The molecule has 5 heteroatoms. The zero-order chi connectivity index (χ0) is 13.2. The Morgan fingerprint density at radius 1 is 1.37 bits per heavy atom. The van der Waals surface area contributed by atoms with Crippen molar-refractivity contribution in [1.82, 2.24) is 0 Å². The smallest absolute Gasteiger partial charge is 0.414 e. The summed E-state index contributed by atoms with van der Waals surface area (Å²) in [6.45, 7) is 3.96. The Kier molecular flexibility index (Phi) is 3.29. The molecule has 2 heterocycles. The van der Waals surface area contributed by atoms with Crippen LogP contribution in [-0.2, 0) is 9.47 Å². The number of ether oxygens (including phenoxy) is 2. The molecular weight excluding hydrogens is 244 g/mol. The molecule has 2 aliphatic rings. The molecule has 1 N–H and O–H groups in total. The first-order valence-corrected chi connectivity index (χ1v) is 6.66. The Morgan fingerprint density at radius 2 is 2.26 bits per heavy atom. The van der Waals surface area contributed by atoms with Crippen molar-refractivity contribution in [2.45, 2.75) is 25.5 Å². The first-order chi connectivity index (χ1) is 9.24. The van der Waals surface area contributed by atoms with Gasteiger partial charge in [0.05, 0.1) is 18.7 Å². The average Bonchev–Trinajstić information content (AvgIpc) is 3.00. The molecule has 19 heavy (non-hydrogen) atoms. The van der Waals surface area contributed by atoms with E-state index in [2.05, 4.69) is 12.2 Å². The third-order valence-corrected chi connectivity index (χ3v) is 3.65. The molecule has 5 nitrogen and oxygen atoms in total. The summed E-state index contributed by atoms with van der Waals surface area (Å²) in [5.74, 6) is 0. The van der Waals surface area contributed by atoms with Crippen LogP contribution in [0.2, 0.25) is 0 Å². The monoisotopic (exact) mass is 262 g/mol. The lowest BCUT2D eigenvalue weighted by Crippen LogP contribution is -2.27. The van der Waals surface area contributed by atoms with Gasteiger partial charge in [0.15, 0.2) is 0 Å². The van der Waals surface area contributed by atoms with Crippen molar-refractivity contribution in [2.24, 2.45) is 0 Å². The summed E-state index contributed by atoms with van der Waals surface area (Å²) in [5, 5.41) is 3.47. The summed E-state index contributed by atoms with van der Waals surface area (Å²) in [7, 11) is 0. The highest BCUT2D eigenvalue weighted by molar-refractivity contribution is 5.89. The van der Waals surface area contributed by atoms with Gasteiger partial charge < -0.3 is 14.8 Å². The fourth-order valence-corrected chi connectivity index (χ4v) is 2.53. The van der Waals surface area contributed by atoms with E-state index < -0.39 is 0 Å². The maximum atomic E-state index is 11.5. The molecule has 0 aliphatic carbocycles. The van der Waals surface area contributed by atoms with Gasteiger partial charge in [0.1, 0.15) is 6.61 Å². The second-order valence-electron chi connectivity index (χ2n) is 4.93. The Balaban J connectivity index is 1.74. The van der Waals surface area contributed by atoms with Gasteiger partial charge in [-0.1, -0.05) is 6.07 Å². The number of nitrogens with zero attached hydrogens (tertiary/aromatic N) is 1. The van der Waals surface area contributed by atoms with Crippen LogP contribution in [0.3, 0.4) is 0 Å². The molecule has 2 unspecified atom stereocenters. The second-order valence-corrected chi connectivity index (χ2v) is 4.93. The summed E-state index contributed by atoms with van der Waals surface area (Å²) in [5.41, 5.74) is 1.89. The summed E-state index contributed by atoms with van der Waals surface area (Å²) < 4.78 is 10.5. The van der Waals surface area contributed by atoms with Crippen LogP contribution >= 0.6 is 0 Å². The van der Waals surface area contributed by atoms with Crippen molar-refractivity contribution in [2.75, 3.05) is 30.0 Å². The fourth-order valence-electron chi connectivity index (χ4n) is 2.53. The number of benzene rings is 1. The van der Waals surface area contributed by atoms with Gasteiger partial charge in [-0.15, -0.1) is 0 Å². The van der Waals surface area contributed by atoms with E-state index in [-0.39, 0.29) is 12.2 Å². The molecule has 0 radical (unpaired) electrons. The van der Waals surface area contributed by atoms with E-state index in [1.807, 2.05) is 24.3 Å². The molecule has 3 rings (SSSR count). The van der Waals surface area contributed by atoms with Gasteiger partial charge in [-0.25, -0.2) is 4.79 Å². The van der Waals surface area contributed by atoms with E-state index in [0.717, 1.165) is 24.4 Å². The topological polar surface area (TPSA) is 50.8 Å².